The highest BCUT2D eigenvalue weighted by Crippen LogP contribution is 2.22. The van der Waals surface area contributed by atoms with Crippen molar-refractivity contribution in [1.29, 1.82) is 0 Å². The molecule has 0 saturated heterocycles. The predicted molar refractivity (Wildman–Crippen MR) is 102 cm³/mol. The van der Waals surface area contributed by atoms with E-state index >= 15 is 0 Å². The van der Waals surface area contributed by atoms with Crippen LogP contribution in [-0.2, 0) is 29.2 Å². The van der Waals surface area contributed by atoms with Gasteiger partial charge in [-0.1, -0.05) is 37.0 Å². The number of carbonyl (C=O) groups is 1. The summed E-state index contributed by atoms with van der Waals surface area (Å²) in [6.07, 6.45) is 3.74. The molecule has 0 spiro atoms. The quantitative estimate of drug-likeness (QED) is 0.416. The fraction of sp³-hybridized carbons (Fsp3) is 0.611. The summed E-state index contributed by atoms with van der Waals surface area (Å²) >= 11 is 0. The number of unbranched alkanes of at least 4 members (excludes halogenated alkanes) is 3. The maximum Gasteiger partial charge on any atom is 0.324 e. The van der Waals surface area contributed by atoms with Crippen molar-refractivity contribution in [2.45, 2.75) is 56.1 Å². The number of benzene rings is 1. The van der Waals surface area contributed by atoms with Crippen molar-refractivity contribution in [3.8, 4) is 0 Å². The van der Waals surface area contributed by atoms with Crippen LogP contribution in [0.2, 0.25) is 0 Å². The van der Waals surface area contributed by atoms with Crippen LogP contribution in [0, 0.1) is 6.92 Å². The molecule has 0 fully saturated rings. The number of esters is 1. The van der Waals surface area contributed by atoms with Crippen molar-refractivity contribution in [2.24, 2.45) is 0 Å². The van der Waals surface area contributed by atoms with Gasteiger partial charge in [0.25, 0.3) is 0 Å². The van der Waals surface area contributed by atoms with Crippen LogP contribution in [0.5, 0.6) is 0 Å². The fourth-order valence-electron chi connectivity index (χ4n) is 2.57. The Labute approximate surface area is 156 Å². The number of carbonyl (C=O) groups excluding carboxylic acids is 1. The Morgan fingerprint density at radius 2 is 1.58 bits per heavy atom. The molecule has 0 heterocycles. The number of hydrogen-bond donors (Lipinski definition) is 0. The third-order valence-corrected chi connectivity index (χ3v) is 7.14. The third kappa shape index (κ3) is 7.45. The first-order valence-electron chi connectivity index (χ1n) is 8.73. The van der Waals surface area contributed by atoms with Gasteiger partial charge in [-0.2, -0.15) is 0 Å². The lowest BCUT2D eigenvalue weighted by Gasteiger charge is -2.16. The van der Waals surface area contributed by atoms with Crippen LogP contribution >= 0.6 is 0 Å². The topological polar surface area (TPSA) is 94.6 Å². The zero-order valence-electron chi connectivity index (χ0n) is 15.6. The Morgan fingerprint density at radius 3 is 2.12 bits per heavy atom. The first kappa shape index (κ1) is 22.6. The molecule has 0 saturated carbocycles. The van der Waals surface area contributed by atoms with E-state index in [9.17, 15) is 21.6 Å². The monoisotopic (exact) mass is 404 g/mol. The van der Waals surface area contributed by atoms with Gasteiger partial charge in [-0.25, -0.2) is 16.8 Å². The lowest BCUT2D eigenvalue weighted by atomic mass is 10.1. The van der Waals surface area contributed by atoms with E-state index < -0.39 is 30.9 Å². The number of ether oxygens (including phenoxy) is 1. The van der Waals surface area contributed by atoms with Crippen molar-refractivity contribution < 1.29 is 26.4 Å². The lowest BCUT2D eigenvalue weighted by Crippen LogP contribution is -2.32. The van der Waals surface area contributed by atoms with E-state index in [2.05, 4.69) is 0 Å². The Balaban J connectivity index is 2.76. The molecular weight excluding hydrogens is 376 g/mol. The van der Waals surface area contributed by atoms with Crippen LogP contribution in [0.3, 0.4) is 0 Å². The molecule has 1 rings (SSSR count). The van der Waals surface area contributed by atoms with Gasteiger partial charge in [-0.15, -0.1) is 0 Å². The summed E-state index contributed by atoms with van der Waals surface area (Å²) < 4.78 is 52.8. The zero-order chi connectivity index (χ0) is 19.8. The average Bonchev–Trinajstić information content (AvgIpc) is 2.53. The highest BCUT2D eigenvalue weighted by atomic mass is 32.2. The minimum Gasteiger partial charge on any atom is -0.465 e. The van der Waals surface area contributed by atoms with Gasteiger partial charge >= 0.3 is 5.97 Å². The Bertz CT molecular complexity index is 779. The highest BCUT2D eigenvalue weighted by molar-refractivity contribution is 7.92. The Hall–Kier alpha value is -1.41. The van der Waals surface area contributed by atoms with Crippen LogP contribution in [0.25, 0.3) is 0 Å². The molecule has 1 aromatic rings. The molecule has 0 aliphatic carbocycles. The van der Waals surface area contributed by atoms with Crippen molar-refractivity contribution in [3.63, 3.8) is 0 Å². The van der Waals surface area contributed by atoms with Gasteiger partial charge in [0.15, 0.2) is 15.1 Å². The van der Waals surface area contributed by atoms with Gasteiger partial charge in [0, 0.05) is 12.0 Å². The SMILES string of the molecule is CCOC(=O)C(CCCCCCS(C)(=O)=O)S(=O)(=O)c1ccc(C)cc1. The smallest absolute Gasteiger partial charge is 0.324 e. The maximum absolute atomic E-state index is 12.8. The first-order chi connectivity index (χ1) is 12.1. The highest BCUT2D eigenvalue weighted by Gasteiger charge is 2.34. The summed E-state index contributed by atoms with van der Waals surface area (Å²) in [6, 6.07) is 6.40. The summed E-state index contributed by atoms with van der Waals surface area (Å²) in [7, 11) is -6.81. The molecule has 0 aromatic heterocycles. The normalized spacial score (nSPS) is 13.3. The standard InChI is InChI=1S/C18H28O6S2/c1-4-24-18(19)17(9-7-5-6-8-14-25(3,20)21)26(22,23)16-12-10-15(2)11-13-16/h10-13,17H,4-9,14H2,1-3H3. The number of hydrogen-bond acceptors (Lipinski definition) is 6. The number of aryl methyl sites for hydroxylation is 1. The van der Waals surface area contributed by atoms with E-state index in [-0.39, 0.29) is 23.7 Å². The molecule has 0 aliphatic heterocycles. The summed E-state index contributed by atoms with van der Waals surface area (Å²) in [5, 5.41) is -1.24. The summed E-state index contributed by atoms with van der Waals surface area (Å²) in [5.74, 6) is -0.611. The fourth-order valence-corrected chi connectivity index (χ4v) is 4.95. The van der Waals surface area contributed by atoms with Gasteiger partial charge in [-0.3, -0.25) is 4.79 Å². The molecule has 0 aliphatic rings. The van der Waals surface area contributed by atoms with E-state index in [0.717, 1.165) is 5.56 Å². The molecule has 8 heteroatoms. The molecule has 26 heavy (non-hydrogen) atoms. The van der Waals surface area contributed by atoms with Crippen molar-refractivity contribution in [3.05, 3.63) is 29.8 Å². The Kier molecular flexibility index (Phi) is 8.76. The van der Waals surface area contributed by atoms with E-state index in [1.165, 1.54) is 18.4 Å². The van der Waals surface area contributed by atoms with Gasteiger partial charge in [-0.05, 0) is 38.8 Å². The molecule has 1 atom stereocenters. The zero-order valence-corrected chi connectivity index (χ0v) is 17.2. The largest absolute Gasteiger partial charge is 0.465 e. The van der Waals surface area contributed by atoms with Crippen LogP contribution in [0.15, 0.2) is 29.2 Å². The summed E-state index contributed by atoms with van der Waals surface area (Å²) in [6.45, 7) is 3.61. The Morgan fingerprint density at radius 1 is 1.00 bits per heavy atom. The van der Waals surface area contributed by atoms with Gasteiger partial charge in [0.2, 0.25) is 0 Å². The molecule has 148 valence electrons. The van der Waals surface area contributed by atoms with Crippen LogP contribution < -0.4 is 0 Å². The molecule has 0 amide bonds. The first-order valence-corrected chi connectivity index (χ1v) is 12.3. The van der Waals surface area contributed by atoms with E-state index in [0.29, 0.717) is 25.7 Å². The molecule has 0 bridgehead atoms. The molecule has 6 nitrogen and oxygen atoms in total. The molecular formula is C18H28O6S2. The lowest BCUT2D eigenvalue weighted by molar-refractivity contribution is -0.142. The van der Waals surface area contributed by atoms with Gasteiger partial charge in [0.05, 0.1) is 11.5 Å². The van der Waals surface area contributed by atoms with E-state index in [4.69, 9.17) is 4.74 Å². The van der Waals surface area contributed by atoms with Crippen LogP contribution in [0.1, 0.15) is 44.6 Å². The minimum absolute atomic E-state index is 0.109. The molecule has 0 radical (unpaired) electrons. The second-order valence-corrected chi connectivity index (χ2v) is 10.8. The average molecular weight is 405 g/mol. The molecule has 0 N–H and O–H groups in total. The third-order valence-electron chi connectivity index (χ3n) is 4.01. The van der Waals surface area contributed by atoms with Gasteiger partial charge < -0.3 is 4.74 Å². The van der Waals surface area contributed by atoms with Crippen molar-refractivity contribution in [2.75, 3.05) is 18.6 Å². The predicted octanol–water partition coefficient (Wildman–Crippen LogP) is 2.70. The number of rotatable bonds is 11. The maximum atomic E-state index is 12.8. The molecule has 1 aromatic carbocycles. The summed E-state index contributed by atoms with van der Waals surface area (Å²) in [5.41, 5.74) is 0.933. The van der Waals surface area contributed by atoms with Crippen LogP contribution in [-0.4, -0.2) is 46.7 Å². The molecule has 1 unspecified atom stereocenters. The second kappa shape index (κ2) is 10.1. The van der Waals surface area contributed by atoms with Crippen LogP contribution in [0.4, 0.5) is 0 Å². The summed E-state index contributed by atoms with van der Waals surface area (Å²) in [4.78, 5) is 12.3. The minimum atomic E-state index is -3.83. The van der Waals surface area contributed by atoms with Gasteiger partial charge in [0.1, 0.15) is 9.84 Å². The van der Waals surface area contributed by atoms with Crippen molar-refractivity contribution in [1.82, 2.24) is 0 Å². The van der Waals surface area contributed by atoms with E-state index in [1.54, 1.807) is 19.1 Å². The van der Waals surface area contributed by atoms with Crippen molar-refractivity contribution >= 4 is 25.6 Å². The number of sulfone groups is 2. The second-order valence-electron chi connectivity index (χ2n) is 6.43. The van der Waals surface area contributed by atoms with E-state index in [1.807, 2.05) is 6.92 Å².